The van der Waals surface area contributed by atoms with E-state index < -0.39 is 0 Å². The van der Waals surface area contributed by atoms with Crippen LogP contribution in [0.25, 0.3) is 20.4 Å². The number of pyridine rings is 2. The number of hydrogen-bond donors (Lipinski definition) is 1. The van der Waals surface area contributed by atoms with Crippen molar-refractivity contribution >= 4 is 31.8 Å². The summed E-state index contributed by atoms with van der Waals surface area (Å²) in [5, 5.41) is 2.22. The number of fused-ring (bicyclic) bond motifs is 3. The molecule has 4 heteroatoms. The second-order valence-electron chi connectivity index (χ2n) is 3.68. The van der Waals surface area contributed by atoms with Gasteiger partial charge in [-0.1, -0.05) is 18.3 Å². The van der Waals surface area contributed by atoms with Crippen LogP contribution in [0, 0.1) is 0 Å². The summed E-state index contributed by atoms with van der Waals surface area (Å²) in [5.41, 5.74) is 0.845. The van der Waals surface area contributed by atoms with Crippen molar-refractivity contribution in [2.24, 2.45) is 0 Å². The Kier molecular flexibility index (Phi) is 2.04. The number of rotatable bonds is 1. The molecule has 0 fully saturated rings. The molecule has 3 heterocycles. The Morgan fingerprint density at radius 3 is 3.12 bits per heavy atom. The lowest BCUT2D eigenvalue weighted by atomic mass is 10.1. The number of aryl methyl sites for hydroxylation is 1. The van der Waals surface area contributed by atoms with Crippen LogP contribution in [0.5, 0.6) is 0 Å². The molecule has 0 radical (unpaired) electrons. The molecule has 0 aliphatic heterocycles. The molecule has 0 spiro atoms. The largest absolute Gasteiger partial charge is 0.313 e. The van der Waals surface area contributed by atoms with Gasteiger partial charge in [-0.15, -0.1) is 0 Å². The molecule has 3 nitrogen and oxygen atoms in total. The van der Waals surface area contributed by atoms with Gasteiger partial charge in [0.1, 0.15) is 9.66 Å². The minimum absolute atomic E-state index is 0.0153. The van der Waals surface area contributed by atoms with E-state index in [-0.39, 0.29) is 5.56 Å². The predicted molar refractivity (Wildman–Crippen MR) is 67.1 cm³/mol. The standard InChI is InChI=1S/C12H10N2OS/c1-2-7-6-9-8-4-3-5-13-11(8)16-12(9)14-10(7)15/h3-6H,2H2,1H3,(H,14,15). The zero-order chi connectivity index (χ0) is 11.1. The van der Waals surface area contributed by atoms with E-state index in [9.17, 15) is 4.79 Å². The van der Waals surface area contributed by atoms with E-state index in [1.54, 1.807) is 6.20 Å². The fraction of sp³-hybridized carbons (Fsp3) is 0.167. The molecule has 0 amide bonds. The van der Waals surface area contributed by atoms with Gasteiger partial charge in [-0.25, -0.2) is 4.98 Å². The molecule has 0 bridgehead atoms. The van der Waals surface area contributed by atoms with Gasteiger partial charge in [0.15, 0.2) is 0 Å². The van der Waals surface area contributed by atoms with Crippen LogP contribution >= 0.6 is 11.3 Å². The normalized spacial score (nSPS) is 11.3. The van der Waals surface area contributed by atoms with Crippen LogP contribution in [0.1, 0.15) is 12.5 Å². The van der Waals surface area contributed by atoms with Crippen LogP contribution in [-0.2, 0) is 6.42 Å². The highest BCUT2D eigenvalue weighted by Gasteiger charge is 2.08. The number of hydrogen-bond acceptors (Lipinski definition) is 3. The summed E-state index contributed by atoms with van der Waals surface area (Å²) < 4.78 is 0. The average Bonchev–Trinajstić information content (AvgIpc) is 2.65. The van der Waals surface area contributed by atoms with Crippen molar-refractivity contribution in [3.8, 4) is 0 Å². The summed E-state index contributed by atoms with van der Waals surface area (Å²) in [6.45, 7) is 1.99. The minimum atomic E-state index is 0.0153. The molecule has 0 unspecified atom stereocenters. The minimum Gasteiger partial charge on any atom is -0.313 e. The molecule has 0 atom stereocenters. The van der Waals surface area contributed by atoms with Crippen LogP contribution < -0.4 is 5.56 Å². The van der Waals surface area contributed by atoms with Crippen molar-refractivity contribution in [2.45, 2.75) is 13.3 Å². The molecule has 3 aromatic heterocycles. The Morgan fingerprint density at radius 2 is 2.31 bits per heavy atom. The maximum atomic E-state index is 11.7. The third-order valence-electron chi connectivity index (χ3n) is 2.72. The number of aromatic amines is 1. The van der Waals surface area contributed by atoms with Crippen molar-refractivity contribution in [3.63, 3.8) is 0 Å². The summed E-state index contributed by atoms with van der Waals surface area (Å²) in [7, 11) is 0. The van der Waals surface area contributed by atoms with Crippen molar-refractivity contribution < 1.29 is 0 Å². The van der Waals surface area contributed by atoms with E-state index in [0.717, 1.165) is 32.4 Å². The van der Waals surface area contributed by atoms with Gasteiger partial charge in [-0.3, -0.25) is 4.79 Å². The van der Waals surface area contributed by atoms with E-state index in [1.165, 1.54) is 11.3 Å². The SMILES string of the molecule is CCc1cc2c([nH]c1=O)sc1ncccc12. The van der Waals surface area contributed by atoms with Gasteiger partial charge < -0.3 is 4.98 Å². The van der Waals surface area contributed by atoms with Gasteiger partial charge in [0, 0.05) is 22.5 Å². The third kappa shape index (κ3) is 1.27. The van der Waals surface area contributed by atoms with Gasteiger partial charge in [-0.05, 0) is 24.6 Å². The molecule has 80 valence electrons. The van der Waals surface area contributed by atoms with E-state index >= 15 is 0 Å². The van der Waals surface area contributed by atoms with Crippen LogP contribution in [0.15, 0.2) is 29.2 Å². The first kappa shape index (κ1) is 9.54. The zero-order valence-electron chi connectivity index (χ0n) is 8.78. The maximum Gasteiger partial charge on any atom is 0.252 e. The Morgan fingerprint density at radius 1 is 1.44 bits per heavy atom. The predicted octanol–water partition coefficient (Wildman–Crippen LogP) is 2.70. The molecule has 0 saturated carbocycles. The van der Waals surface area contributed by atoms with E-state index in [2.05, 4.69) is 9.97 Å². The van der Waals surface area contributed by atoms with Crippen LogP contribution in [0.4, 0.5) is 0 Å². The topological polar surface area (TPSA) is 45.8 Å². The number of nitrogens with one attached hydrogen (secondary N) is 1. The number of nitrogens with zero attached hydrogens (tertiary/aromatic N) is 1. The van der Waals surface area contributed by atoms with Gasteiger partial charge in [-0.2, -0.15) is 0 Å². The Balaban J connectivity index is 2.52. The summed E-state index contributed by atoms with van der Waals surface area (Å²) in [4.78, 5) is 20.8. The summed E-state index contributed by atoms with van der Waals surface area (Å²) >= 11 is 1.53. The second kappa shape index (κ2) is 3.42. The first-order valence-electron chi connectivity index (χ1n) is 5.19. The molecule has 16 heavy (non-hydrogen) atoms. The average molecular weight is 230 g/mol. The molecule has 1 N–H and O–H groups in total. The van der Waals surface area contributed by atoms with Crippen molar-refractivity contribution in [2.75, 3.05) is 0 Å². The van der Waals surface area contributed by atoms with Crippen LogP contribution in [-0.4, -0.2) is 9.97 Å². The van der Waals surface area contributed by atoms with Crippen LogP contribution in [0.2, 0.25) is 0 Å². The Labute approximate surface area is 95.8 Å². The number of thiophene rings is 1. The van der Waals surface area contributed by atoms with Gasteiger partial charge in [0.25, 0.3) is 5.56 Å². The Hall–Kier alpha value is -1.68. The quantitative estimate of drug-likeness (QED) is 0.698. The van der Waals surface area contributed by atoms with E-state index in [1.807, 2.05) is 25.1 Å². The first-order valence-corrected chi connectivity index (χ1v) is 6.00. The first-order chi connectivity index (χ1) is 7.79. The lowest BCUT2D eigenvalue weighted by molar-refractivity contribution is 1.08. The van der Waals surface area contributed by atoms with Crippen molar-refractivity contribution in [3.05, 3.63) is 40.3 Å². The fourth-order valence-corrected chi connectivity index (χ4v) is 2.89. The van der Waals surface area contributed by atoms with Gasteiger partial charge in [0.05, 0.1) is 0 Å². The second-order valence-corrected chi connectivity index (χ2v) is 4.68. The van der Waals surface area contributed by atoms with Gasteiger partial charge in [0.2, 0.25) is 0 Å². The van der Waals surface area contributed by atoms with Gasteiger partial charge >= 0.3 is 0 Å². The van der Waals surface area contributed by atoms with Crippen LogP contribution in [0.3, 0.4) is 0 Å². The lowest BCUT2D eigenvalue weighted by Crippen LogP contribution is -2.10. The highest BCUT2D eigenvalue weighted by atomic mass is 32.1. The zero-order valence-corrected chi connectivity index (χ0v) is 9.60. The molecular formula is C12H10N2OS. The molecule has 3 aromatic rings. The summed E-state index contributed by atoms with van der Waals surface area (Å²) in [5.74, 6) is 0. The van der Waals surface area contributed by atoms with Crippen molar-refractivity contribution in [1.82, 2.24) is 9.97 Å². The molecule has 0 saturated heterocycles. The fourth-order valence-electron chi connectivity index (χ4n) is 1.87. The molecule has 0 aromatic carbocycles. The lowest BCUT2D eigenvalue weighted by Gasteiger charge is -1.95. The molecular weight excluding hydrogens is 220 g/mol. The third-order valence-corrected chi connectivity index (χ3v) is 3.77. The van der Waals surface area contributed by atoms with Crippen molar-refractivity contribution in [1.29, 1.82) is 0 Å². The highest BCUT2D eigenvalue weighted by Crippen LogP contribution is 2.30. The molecule has 0 aliphatic rings. The summed E-state index contributed by atoms with van der Waals surface area (Å²) in [6, 6.07) is 5.94. The van der Waals surface area contributed by atoms with E-state index in [0.29, 0.717) is 0 Å². The number of H-pyrrole nitrogens is 1. The highest BCUT2D eigenvalue weighted by molar-refractivity contribution is 7.25. The molecule has 0 aliphatic carbocycles. The molecule has 3 rings (SSSR count). The maximum absolute atomic E-state index is 11.7. The summed E-state index contributed by atoms with van der Waals surface area (Å²) in [6.07, 6.45) is 2.53. The Bertz CT molecular complexity index is 727. The smallest absolute Gasteiger partial charge is 0.252 e. The van der Waals surface area contributed by atoms with E-state index in [4.69, 9.17) is 0 Å². The monoisotopic (exact) mass is 230 g/mol. The number of aromatic nitrogens is 2.